The van der Waals surface area contributed by atoms with Crippen molar-refractivity contribution in [2.45, 2.75) is 19.9 Å². The highest BCUT2D eigenvalue weighted by Gasteiger charge is 2.33. The molecule has 5 rings (SSSR count). The molecule has 3 heterocycles. The van der Waals surface area contributed by atoms with Gasteiger partial charge in [0.1, 0.15) is 11.5 Å². The summed E-state index contributed by atoms with van der Waals surface area (Å²) in [6, 6.07) is 12.6. The summed E-state index contributed by atoms with van der Waals surface area (Å²) >= 11 is 13.3. The summed E-state index contributed by atoms with van der Waals surface area (Å²) in [5, 5.41) is 0.822. The van der Waals surface area contributed by atoms with Gasteiger partial charge in [-0.3, -0.25) is 14.2 Å². The van der Waals surface area contributed by atoms with Crippen LogP contribution in [0.25, 0.3) is 17.4 Å². The van der Waals surface area contributed by atoms with Crippen molar-refractivity contribution in [3.63, 3.8) is 0 Å². The highest BCUT2D eigenvalue weighted by molar-refractivity contribution is 7.07. The molecule has 0 N–H and O–H groups in total. The smallest absolute Gasteiger partial charge is 0.338 e. The molecule has 1 aliphatic rings. The molecule has 4 aromatic rings. The minimum absolute atomic E-state index is 0.189. The molecular formula is C29H22Cl2N2O7S. The maximum atomic E-state index is 13.8. The lowest BCUT2D eigenvalue weighted by atomic mass is 9.95. The minimum atomic E-state index is -0.885. The summed E-state index contributed by atoms with van der Waals surface area (Å²) in [4.78, 5) is 43.2. The number of rotatable bonds is 6. The van der Waals surface area contributed by atoms with Crippen LogP contribution < -0.4 is 24.4 Å². The van der Waals surface area contributed by atoms with E-state index in [-0.39, 0.29) is 22.6 Å². The lowest BCUT2D eigenvalue weighted by molar-refractivity contribution is -0.136. The number of carbonyl (C=O) groups is 2. The quantitative estimate of drug-likeness (QED) is 0.225. The number of halogens is 2. The van der Waals surface area contributed by atoms with Gasteiger partial charge in [-0.15, -0.1) is 0 Å². The first-order valence-corrected chi connectivity index (χ1v) is 13.7. The van der Waals surface area contributed by atoms with Gasteiger partial charge in [0.25, 0.3) is 5.56 Å². The predicted molar refractivity (Wildman–Crippen MR) is 154 cm³/mol. The molecule has 9 nitrogen and oxygen atoms in total. The van der Waals surface area contributed by atoms with E-state index in [9.17, 15) is 14.4 Å². The number of aromatic nitrogens is 1. The first-order valence-electron chi connectivity index (χ1n) is 12.1. The number of carbonyl (C=O) groups excluding carboxylic acids is 2. The molecule has 0 aliphatic carbocycles. The molecule has 0 saturated carbocycles. The number of nitrogens with zero attached hydrogens (tertiary/aromatic N) is 2. The van der Waals surface area contributed by atoms with Crippen molar-refractivity contribution in [3.05, 3.63) is 101 Å². The molecule has 0 saturated heterocycles. The van der Waals surface area contributed by atoms with Crippen molar-refractivity contribution in [1.82, 2.24) is 4.57 Å². The Bertz CT molecular complexity index is 1920. The van der Waals surface area contributed by atoms with E-state index in [1.807, 2.05) is 0 Å². The molecule has 1 atom stereocenters. The number of methoxy groups -OCH3 is 2. The third-order valence-corrected chi connectivity index (χ3v) is 8.01. The molecule has 2 aromatic carbocycles. The van der Waals surface area contributed by atoms with E-state index in [0.717, 1.165) is 16.9 Å². The fraction of sp³-hybridized carbons (Fsp3) is 0.172. The Morgan fingerprint density at radius 3 is 2.51 bits per heavy atom. The Balaban J connectivity index is 1.64. The molecule has 41 heavy (non-hydrogen) atoms. The topological polar surface area (TPSA) is 109 Å². The lowest BCUT2D eigenvalue weighted by Crippen LogP contribution is -2.39. The number of fused-ring (bicyclic) bond motifs is 1. The second-order valence-electron chi connectivity index (χ2n) is 8.91. The maximum absolute atomic E-state index is 13.8. The Morgan fingerprint density at radius 1 is 1.05 bits per heavy atom. The number of thiazole rings is 1. The van der Waals surface area contributed by atoms with Gasteiger partial charge in [0.05, 0.1) is 46.1 Å². The SMILES string of the molecule is COC(=O)C1=C(C)N=c2s/c(=C/c3ccc(-c4ccc(Cl)c(Cl)c4)o3)c(=O)n2[C@H]1c1ccc(OC(C)=O)c(OC)c1. The molecule has 0 spiro atoms. The largest absolute Gasteiger partial charge is 0.493 e. The number of allylic oxidation sites excluding steroid dienone is 1. The van der Waals surface area contributed by atoms with E-state index in [1.165, 1.54) is 25.7 Å². The van der Waals surface area contributed by atoms with Crippen LogP contribution in [0.5, 0.6) is 11.5 Å². The maximum Gasteiger partial charge on any atom is 0.338 e. The van der Waals surface area contributed by atoms with Crippen molar-refractivity contribution in [2.75, 3.05) is 14.2 Å². The number of benzene rings is 2. The summed E-state index contributed by atoms with van der Waals surface area (Å²) in [6.07, 6.45) is 1.61. The molecule has 0 fully saturated rings. The van der Waals surface area contributed by atoms with Gasteiger partial charge >= 0.3 is 11.9 Å². The zero-order valence-corrected chi connectivity index (χ0v) is 24.5. The van der Waals surface area contributed by atoms with Crippen LogP contribution in [-0.4, -0.2) is 30.7 Å². The van der Waals surface area contributed by atoms with Gasteiger partial charge in [0.2, 0.25) is 0 Å². The number of esters is 2. The standard InChI is InChI=1S/C29H22Cl2N2O7S/c1-14-25(28(36)38-4)26(17-6-9-22(39-15(2)34)23(12-17)37-3)33-27(35)24(41-29(33)32-14)13-18-7-10-21(40-18)16-5-8-19(30)20(31)11-16/h5-13,26H,1-4H3/b24-13+/t26-/m0/s1. The first kappa shape index (κ1) is 28.4. The van der Waals surface area contributed by atoms with E-state index >= 15 is 0 Å². The Hall–Kier alpha value is -4.12. The van der Waals surface area contributed by atoms with Crippen molar-refractivity contribution in [3.8, 4) is 22.8 Å². The van der Waals surface area contributed by atoms with E-state index in [2.05, 4.69) is 4.99 Å². The van der Waals surface area contributed by atoms with Gasteiger partial charge < -0.3 is 18.6 Å². The van der Waals surface area contributed by atoms with Crippen LogP contribution in [0.2, 0.25) is 10.0 Å². The van der Waals surface area contributed by atoms with Crippen molar-refractivity contribution < 1.29 is 28.2 Å². The van der Waals surface area contributed by atoms with Crippen LogP contribution in [0.4, 0.5) is 0 Å². The average molecular weight is 613 g/mol. The molecule has 210 valence electrons. The Labute approximate surface area is 247 Å². The van der Waals surface area contributed by atoms with Crippen LogP contribution in [0.1, 0.15) is 31.2 Å². The highest BCUT2D eigenvalue weighted by atomic mass is 35.5. The molecule has 0 radical (unpaired) electrons. The fourth-order valence-corrected chi connectivity index (χ4v) is 5.79. The number of furan rings is 1. The third kappa shape index (κ3) is 5.46. The van der Waals surface area contributed by atoms with Crippen LogP contribution in [0.3, 0.4) is 0 Å². The van der Waals surface area contributed by atoms with E-state index in [1.54, 1.807) is 61.5 Å². The van der Waals surface area contributed by atoms with Gasteiger partial charge in [-0.25, -0.2) is 9.79 Å². The van der Waals surface area contributed by atoms with Gasteiger partial charge in [-0.05, 0) is 55.0 Å². The van der Waals surface area contributed by atoms with Gasteiger partial charge in [0.15, 0.2) is 16.3 Å². The minimum Gasteiger partial charge on any atom is -0.493 e. The second-order valence-corrected chi connectivity index (χ2v) is 10.7. The summed E-state index contributed by atoms with van der Waals surface area (Å²) in [7, 11) is 2.69. The van der Waals surface area contributed by atoms with E-state index < -0.39 is 18.0 Å². The Morgan fingerprint density at radius 2 is 1.83 bits per heavy atom. The summed E-state index contributed by atoms with van der Waals surface area (Å²) in [6.45, 7) is 2.95. The second kappa shape index (κ2) is 11.4. The number of ether oxygens (including phenoxy) is 3. The highest BCUT2D eigenvalue weighted by Crippen LogP contribution is 2.36. The fourth-order valence-electron chi connectivity index (χ4n) is 4.47. The molecule has 0 amide bonds. The summed E-state index contributed by atoms with van der Waals surface area (Å²) in [5.74, 6) is 0.283. The van der Waals surface area contributed by atoms with Crippen molar-refractivity contribution >= 4 is 52.6 Å². The molecule has 2 aromatic heterocycles. The Kier molecular flexibility index (Phi) is 7.90. The summed E-state index contributed by atoms with van der Waals surface area (Å²) < 4.78 is 23.4. The predicted octanol–water partition coefficient (Wildman–Crippen LogP) is 4.91. The van der Waals surface area contributed by atoms with E-state index in [0.29, 0.717) is 42.2 Å². The van der Waals surface area contributed by atoms with E-state index in [4.69, 9.17) is 41.8 Å². The van der Waals surface area contributed by atoms with Crippen LogP contribution in [-0.2, 0) is 14.3 Å². The first-order chi connectivity index (χ1) is 19.6. The number of hydrogen-bond donors (Lipinski definition) is 0. The molecule has 12 heteroatoms. The summed E-state index contributed by atoms with van der Waals surface area (Å²) in [5.41, 5.74) is 1.46. The monoisotopic (exact) mass is 612 g/mol. The zero-order chi connectivity index (χ0) is 29.4. The van der Waals surface area contributed by atoms with Gasteiger partial charge in [-0.1, -0.05) is 40.6 Å². The van der Waals surface area contributed by atoms with Crippen LogP contribution in [0.15, 0.2) is 74.0 Å². The molecule has 0 unspecified atom stereocenters. The molecule has 0 bridgehead atoms. The van der Waals surface area contributed by atoms with Crippen LogP contribution in [0, 0.1) is 0 Å². The normalized spacial score (nSPS) is 14.9. The third-order valence-electron chi connectivity index (χ3n) is 6.29. The van der Waals surface area contributed by atoms with Gasteiger partial charge in [-0.2, -0.15) is 0 Å². The van der Waals surface area contributed by atoms with Crippen molar-refractivity contribution in [2.24, 2.45) is 4.99 Å². The van der Waals surface area contributed by atoms with Gasteiger partial charge in [0, 0.05) is 18.6 Å². The molecule has 1 aliphatic heterocycles. The average Bonchev–Trinajstić information content (AvgIpc) is 3.53. The number of hydrogen-bond acceptors (Lipinski definition) is 9. The zero-order valence-electron chi connectivity index (χ0n) is 22.2. The van der Waals surface area contributed by atoms with Crippen molar-refractivity contribution in [1.29, 1.82) is 0 Å². The lowest BCUT2D eigenvalue weighted by Gasteiger charge is -2.25. The van der Waals surface area contributed by atoms with Crippen LogP contribution >= 0.6 is 34.5 Å². The molecular weight excluding hydrogens is 591 g/mol.